The van der Waals surface area contributed by atoms with E-state index in [9.17, 15) is 5.11 Å². The Morgan fingerprint density at radius 2 is 0.634 bits per heavy atom. The minimum Gasteiger partial charge on any atom is -0.508 e. The molecule has 0 aliphatic rings. The van der Waals surface area contributed by atoms with Gasteiger partial charge in [-0.05, 0) is 95.1 Å². The van der Waals surface area contributed by atoms with Crippen molar-refractivity contribution in [1.29, 1.82) is 0 Å². The van der Waals surface area contributed by atoms with Crippen LogP contribution in [0.2, 0.25) is 0 Å². The third-order valence-corrected chi connectivity index (χ3v) is 6.29. The van der Waals surface area contributed by atoms with Gasteiger partial charge in [-0.15, -0.1) is 0 Å². The summed E-state index contributed by atoms with van der Waals surface area (Å²) >= 11 is 0. The topological polar surface area (TPSA) is 47.9 Å². The van der Waals surface area contributed by atoms with E-state index in [1.54, 1.807) is 31.4 Å². The van der Waals surface area contributed by atoms with Gasteiger partial charge in [0, 0.05) is 0 Å². The van der Waals surface area contributed by atoms with E-state index in [0.717, 1.165) is 28.6 Å². The summed E-state index contributed by atoms with van der Waals surface area (Å²) in [6.45, 7) is 0. The molecule has 0 heterocycles. The summed E-state index contributed by atoms with van der Waals surface area (Å²) in [6, 6.07) is 50.8. The van der Waals surface area contributed by atoms with Crippen LogP contribution in [0.5, 0.6) is 34.5 Å². The first-order valence-corrected chi connectivity index (χ1v) is 13.3. The lowest BCUT2D eigenvalue weighted by Crippen LogP contribution is -1.86. The molecule has 0 bridgehead atoms. The van der Waals surface area contributed by atoms with E-state index in [1.807, 2.05) is 97.1 Å². The standard InChI is InChI=1S/C19H16O2.C18H14O2/c1-20-17-11-13-19(14-12-17)21-18-9-7-16(8-10-18)15-5-3-2-4-6-15;19-16-8-12-18(13-9-16)20-17-10-6-15(7-11-17)14-4-2-1-3-5-14/h2-14H,1H3;1-13,19H. The molecule has 0 radical (unpaired) electrons. The fraction of sp³-hybridized carbons (Fsp3) is 0.0270. The van der Waals surface area contributed by atoms with Crippen LogP contribution >= 0.6 is 0 Å². The molecular weight excluding hydrogens is 508 g/mol. The molecule has 6 rings (SSSR count). The highest BCUT2D eigenvalue weighted by Gasteiger charge is 2.02. The second kappa shape index (κ2) is 13.5. The first-order valence-electron chi connectivity index (χ1n) is 13.3. The summed E-state index contributed by atoms with van der Waals surface area (Å²) in [4.78, 5) is 0. The van der Waals surface area contributed by atoms with Crippen molar-refractivity contribution in [1.82, 2.24) is 0 Å². The Morgan fingerprint density at radius 1 is 0.341 bits per heavy atom. The summed E-state index contributed by atoms with van der Waals surface area (Å²) in [7, 11) is 1.65. The Bertz CT molecular complexity index is 1610. The van der Waals surface area contributed by atoms with Gasteiger partial charge in [-0.2, -0.15) is 0 Å². The molecule has 0 aromatic heterocycles. The monoisotopic (exact) mass is 538 g/mol. The van der Waals surface area contributed by atoms with E-state index < -0.39 is 0 Å². The molecule has 41 heavy (non-hydrogen) atoms. The second-order valence-corrected chi connectivity index (χ2v) is 9.15. The summed E-state index contributed by atoms with van der Waals surface area (Å²) in [5.41, 5.74) is 4.72. The Balaban J connectivity index is 0.000000165. The Hall–Kier alpha value is -5.48. The molecule has 0 fully saturated rings. The molecule has 0 aliphatic carbocycles. The molecule has 1 N–H and O–H groups in total. The molecule has 0 atom stereocenters. The lowest BCUT2D eigenvalue weighted by atomic mass is 10.1. The SMILES string of the molecule is COc1ccc(Oc2ccc(-c3ccccc3)cc2)cc1.Oc1ccc(Oc2ccc(-c3ccccc3)cc2)cc1. The van der Waals surface area contributed by atoms with E-state index in [0.29, 0.717) is 5.75 Å². The maximum absolute atomic E-state index is 9.23. The number of rotatable bonds is 7. The maximum Gasteiger partial charge on any atom is 0.127 e. The highest BCUT2D eigenvalue weighted by Crippen LogP contribution is 2.28. The number of benzene rings is 6. The average Bonchev–Trinajstić information content (AvgIpc) is 3.04. The van der Waals surface area contributed by atoms with Gasteiger partial charge in [0.25, 0.3) is 0 Å². The minimum atomic E-state index is 0.233. The summed E-state index contributed by atoms with van der Waals surface area (Å²) in [6.07, 6.45) is 0. The van der Waals surface area contributed by atoms with Gasteiger partial charge < -0.3 is 19.3 Å². The van der Waals surface area contributed by atoms with Crippen LogP contribution in [0.3, 0.4) is 0 Å². The smallest absolute Gasteiger partial charge is 0.127 e. The zero-order valence-corrected chi connectivity index (χ0v) is 22.7. The Labute approximate surface area is 240 Å². The number of phenols is 1. The van der Waals surface area contributed by atoms with Crippen LogP contribution in [-0.2, 0) is 0 Å². The molecule has 0 spiro atoms. The molecule has 4 heteroatoms. The van der Waals surface area contributed by atoms with Gasteiger partial charge in [-0.3, -0.25) is 0 Å². The number of methoxy groups -OCH3 is 1. The molecule has 202 valence electrons. The van der Waals surface area contributed by atoms with Crippen LogP contribution in [0.1, 0.15) is 0 Å². The molecule has 0 aliphatic heterocycles. The molecular formula is C37H30O4. The van der Waals surface area contributed by atoms with Crippen molar-refractivity contribution < 1.29 is 19.3 Å². The predicted octanol–water partition coefficient (Wildman–Crippen LogP) is 10.0. The third kappa shape index (κ3) is 7.78. The van der Waals surface area contributed by atoms with Crippen molar-refractivity contribution in [2.45, 2.75) is 0 Å². The molecule has 0 amide bonds. The second-order valence-electron chi connectivity index (χ2n) is 9.15. The van der Waals surface area contributed by atoms with Crippen molar-refractivity contribution in [2.24, 2.45) is 0 Å². The first kappa shape index (κ1) is 27.1. The zero-order valence-electron chi connectivity index (χ0n) is 22.7. The maximum atomic E-state index is 9.23. The van der Waals surface area contributed by atoms with Crippen molar-refractivity contribution in [3.05, 3.63) is 158 Å². The third-order valence-electron chi connectivity index (χ3n) is 6.29. The first-order chi connectivity index (χ1) is 20.2. The fourth-order valence-corrected chi connectivity index (χ4v) is 4.12. The van der Waals surface area contributed by atoms with Crippen molar-refractivity contribution in [3.63, 3.8) is 0 Å². The Kier molecular flexibility index (Phi) is 8.95. The predicted molar refractivity (Wildman–Crippen MR) is 165 cm³/mol. The highest BCUT2D eigenvalue weighted by atomic mass is 16.5. The van der Waals surface area contributed by atoms with Crippen LogP contribution in [0.15, 0.2) is 158 Å². The molecule has 0 saturated carbocycles. The van der Waals surface area contributed by atoms with E-state index in [4.69, 9.17) is 14.2 Å². The van der Waals surface area contributed by atoms with Crippen molar-refractivity contribution in [3.8, 4) is 56.8 Å². The minimum absolute atomic E-state index is 0.233. The largest absolute Gasteiger partial charge is 0.508 e. The van der Waals surface area contributed by atoms with Crippen molar-refractivity contribution >= 4 is 0 Å². The van der Waals surface area contributed by atoms with E-state index in [-0.39, 0.29) is 5.75 Å². The number of hydrogen-bond acceptors (Lipinski definition) is 4. The summed E-state index contributed by atoms with van der Waals surface area (Å²) < 4.78 is 16.7. The molecule has 0 saturated heterocycles. The van der Waals surface area contributed by atoms with Gasteiger partial charge in [-0.25, -0.2) is 0 Å². The van der Waals surface area contributed by atoms with Crippen LogP contribution in [-0.4, -0.2) is 12.2 Å². The Morgan fingerprint density at radius 3 is 1.00 bits per heavy atom. The molecule has 4 nitrogen and oxygen atoms in total. The molecule has 6 aromatic carbocycles. The van der Waals surface area contributed by atoms with E-state index >= 15 is 0 Å². The van der Waals surface area contributed by atoms with Gasteiger partial charge in [0.05, 0.1) is 7.11 Å². The van der Waals surface area contributed by atoms with E-state index in [1.165, 1.54) is 16.7 Å². The summed E-state index contributed by atoms with van der Waals surface area (Å²) in [5, 5.41) is 9.23. The zero-order chi connectivity index (χ0) is 28.3. The van der Waals surface area contributed by atoms with Crippen LogP contribution < -0.4 is 14.2 Å². The number of ether oxygens (including phenoxy) is 3. The van der Waals surface area contributed by atoms with Crippen LogP contribution in [0, 0.1) is 0 Å². The van der Waals surface area contributed by atoms with Crippen LogP contribution in [0.25, 0.3) is 22.3 Å². The molecule has 6 aromatic rings. The lowest BCUT2D eigenvalue weighted by molar-refractivity contribution is 0.413. The number of phenolic OH excluding ortho intramolecular Hbond substituents is 1. The molecule has 0 unspecified atom stereocenters. The summed E-state index contributed by atoms with van der Waals surface area (Å²) in [5.74, 6) is 4.15. The normalized spacial score (nSPS) is 10.2. The lowest BCUT2D eigenvalue weighted by Gasteiger charge is -2.08. The van der Waals surface area contributed by atoms with Gasteiger partial charge in [0.2, 0.25) is 0 Å². The quantitative estimate of drug-likeness (QED) is 0.220. The average molecular weight is 539 g/mol. The van der Waals surface area contributed by atoms with Crippen molar-refractivity contribution in [2.75, 3.05) is 7.11 Å². The van der Waals surface area contributed by atoms with Crippen LogP contribution in [0.4, 0.5) is 0 Å². The van der Waals surface area contributed by atoms with Gasteiger partial charge in [0.15, 0.2) is 0 Å². The fourth-order valence-electron chi connectivity index (χ4n) is 4.12. The van der Waals surface area contributed by atoms with E-state index in [2.05, 4.69) is 36.4 Å². The van der Waals surface area contributed by atoms with Gasteiger partial charge in [-0.1, -0.05) is 84.9 Å². The van der Waals surface area contributed by atoms with Gasteiger partial charge in [0.1, 0.15) is 34.5 Å². The highest BCUT2D eigenvalue weighted by molar-refractivity contribution is 5.65. The van der Waals surface area contributed by atoms with Gasteiger partial charge >= 0.3 is 0 Å². The number of aromatic hydroxyl groups is 1. The number of hydrogen-bond donors (Lipinski definition) is 1.